The van der Waals surface area contributed by atoms with Crippen LogP contribution in [0.3, 0.4) is 0 Å². The van der Waals surface area contributed by atoms with Gasteiger partial charge in [-0.05, 0) is 37.5 Å². The Labute approximate surface area is 109 Å². The number of carboxylic acid groups (broad SMARTS) is 1. The Kier molecular flexibility index (Phi) is 3.86. The number of fused-ring (bicyclic) bond motifs is 1. The smallest absolute Gasteiger partial charge is 0.338 e. The second-order valence-electron chi connectivity index (χ2n) is 4.14. The van der Waals surface area contributed by atoms with Crippen molar-refractivity contribution in [3.63, 3.8) is 0 Å². The molecule has 0 spiro atoms. The van der Waals surface area contributed by atoms with Gasteiger partial charge in [0, 0.05) is 0 Å². The molecular formula is C12H15N3O2S. The fraction of sp³-hybridized carbons (Fsp3) is 0.417. The van der Waals surface area contributed by atoms with Crippen LogP contribution in [0.1, 0.15) is 29.7 Å². The Bertz CT molecular complexity index is 567. The summed E-state index contributed by atoms with van der Waals surface area (Å²) in [5, 5.41) is 17.2. The second-order valence-corrected chi connectivity index (χ2v) is 5.13. The lowest BCUT2D eigenvalue weighted by atomic mass is 10.1. The van der Waals surface area contributed by atoms with E-state index in [1.165, 1.54) is 0 Å². The SMILES string of the molecule is CSCCC(C)n1nnc2c(C(=O)O)cccc21. The Hall–Kier alpha value is -1.56. The first-order chi connectivity index (χ1) is 8.65. The van der Waals surface area contributed by atoms with Crippen LogP contribution in [-0.4, -0.2) is 38.1 Å². The van der Waals surface area contributed by atoms with Gasteiger partial charge in [0.05, 0.1) is 17.1 Å². The van der Waals surface area contributed by atoms with Crippen molar-refractivity contribution < 1.29 is 9.90 Å². The maximum atomic E-state index is 11.1. The lowest BCUT2D eigenvalue weighted by Gasteiger charge is -2.11. The average Bonchev–Trinajstić information content (AvgIpc) is 2.79. The molecule has 6 heteroatoms. The van der Waals surface area contributed by atoms with Gasteiger partial charge < -0.3 is 5.11 Å². The van der Waals surface area contributed by atoms with Gasteiger partial charge in [-0.25, -0.2) is 9.48 Å². The van der Waals surface area contributed by atoms with Crippen LogP contribution in [-0.2, 0) is 0 Å². The van der Waals surface area contributed by atoms with E-state index in [1.807, 2.05) is 6.07 Å². The molecule has 1 atom stereocenters. The number of benzene rings is 1. The van der Waals surface area contributed by atoms with E-state index < -0.39 is 5.97 Å². The predicted molar refractivity (Wildman–Crippen MR) is 72.2 cm³/mol. The van der Waals surface area contributed by atoms with Gasteiger partial charge in [0.25, 0.3) is 0 Å². The zero-order valence-corrected chi connectivity index (χ0v) is 11.1. The van der Waals surface area contributed by atoms with Crippen molar-refractivity contribution in [3.8, 4) is 0 Å². The van der Waals surface area contributed by atoms with Gasteiger partial charge in [-0.1, -0.05) is 11.3 Å². The number of rotatable bonds is 5. The molecule has 0 aliphatic carbocycles. The molecule has 1 aromatic heterocycles. The van der Waals surface area contributed by atoms with E-state index in [9.17, 15) is 4.79 Å². The number of aromatic nitrogens is 3. The maximum absolute atomic E-state index is 11.1. The molecule has 18 heavy (non-hydrogen) atoms. The van der Waals surface area contributed by atoms with E-state index in [0.717, 1.165) is 17.7 Å². The lowest BCUT2D eigenvalue weighted by Crippen LogP contribution is -2.08. The molecule has 0 fully saturated rings. The Morgan fingerprint density at radius 3 is 3.00 bits per heavy atom. The third kappa shape index (κ3) is 2.33. The highest BCUT2D eigenvalue weighted by Gasteiger charge is 2.16. The minimum absolute atomic E-state index is 0.204. The minimum Gasteiger partial charge on any atom is -0.478 e. The molecule has 1 heterocycles. The van der Waals surface area contributed by atoms with Crippen molar-refractivity contribution in [3.05, 3.63) is 23.8 Å². The minimum atomic E-state index is -0.968. The molecule has 0 amide bonds. The molecule has 0 radical (unpaired) electrons. The van der Waals surface area contributed by atoms with E-state index in [2.05, 4.69) is 23.5 Å². The molecular weight excluding hydrogens is 250 g/mol. The highest BCUT2D eigenvalue weighted by Crippen LogP contribution is 2.21. The molecule has 2 rings (SSSR count). The number of carbonyl (C=O) groups is 1. The van der Waals surface area contributed by atoms with E-state index in [0.29, 0.717) is 5.52 Å². The first kappa shape index (κ1) is 12.9. The summed E-state index contributed by atoms with van der Waals surface area (Å²) in [7, 11) is 0. The molecule has 0 aliphatic heterocycles. The molecule has 1 unspecified atom stereocenters. The monoisotopic (exact) mass is 265 g/mol. The van der Waals surface area contributed by atoms with Crippen LogP contribution in [0, 0.1) is 0 Å². The van der Waals surface area contributed by atoms with Crippen molar-refractivity contribution >= 4 is 28.8 Å². The highest BCUT2D eigenvalue weighted by molar-refractivity contribution is 7.98. The van der Waals surface area contributed by atoms with Crippen LogP contribution >= 0.6 is 11.8 Å². The Morgan fingerprint density at radius 1 is 1.56 bits per heavy atom. The predicted octanol–water partition coefficient (Wildman–Crippen LogP) is 2.44. The number of hydrogen-bond donors (Lipinski definition) is 1. The lowest BCUT2D eigenvalue weighted by molar-refractivity contribution is 0.0699. The largest absolute Gasteiger partial charge is 0.478 e. The van der Waals surface area contributed by atoms with Gasteiger partial charge in [0.1, 0.15) is 5.52 Å². The molecule has 1 aromatic carbocycles. The van der Waals surface area contributed by atoms with E-state index >= 15 is 0 Å². The molecule has 0 saturated heterocycles. The number of nitrogens with zero attached hydrogens (tertiary/aromatic N) is 3. The van der Waals surface area contributed by atoms with Crippen LogP contribution in [0.4, 0.5) is 0 Å². The third-order valence-corrected chi connectivity index (χ3v) is 3.53. The summed E-state index contributed by atoms with van der Waals surface area (Å²) in [6, 6.07) is 5.35. The highest BCUT2D eigenvalue weighted by atomic mass is 32.2. The maximum Gasteiger partial charge on any atom is 0.338 e. The molecule has 0 aliphatic rings. The van der Waals surface area contributed by atoms with Crippen molar-refractivity contribution in [1.29, 1.82) is 0 Å². The summed E-state index contributed by atoms with van der Waals surface area (Å²) in [6.45, 7) is 2.07. The fourth-order valence-electron chi connectivity index (χ4n) is 1.87. The number of carboxylic acids is 1. The second kappa shape index (κ2) is 5.39. The third-order valence-electron chi connectivity index (χ3n) is 2.89. The Balaban J connectivity index is 2.42. The molecule has 5 nitrogen and oxygen atoms in total. The average molecular weight is 265 g/mol. The summed E-state index contributed by atoms with van der Waals surface area (Å²) in [5.74, 6) is 0.0747. The van der Waals surface area contributed by atoms with Crippen LogP contribution in [0.2, 0.25) is 0 Å². The van der Waals surface area contributed by atoms with Gasteiger partial charge in [0.15, 0.2) is 0 Å². The molecule has 0 saturated carbocycles. The van der Waals surface area contributed by atoms with Crippen molar-refractivity contribution in [2.45, 2.75) is 19.4 Å². The van der Waals surface area contributed by atoms with Gasteiger partial charge in [-0.3, -0.25) is 0 Å². The van der Waals surface area contributed by atoms with Gasteiger partial charge in [-0.15, -0.1) is 5.10 Å². The first-order valence-electron chi connectivity index (χ1n) is 5.71. The van der Waals surface area contributed by atoms with E-state index in [4.69, 9.17) is 5.11 Å². The standard InChI is InChI=1S/C12H15N3O2S/c1-8(6-7-18-2)15-10-5-3-4-9(12(16)17)11(10)13-14-15/h3-5,8H,6-7H2,1-2H3,(H,16,17). The van der Waals surface area contributed by atoms with Crippen LogP contribution < -0.4 is 0 Å². The molecule has 0 bridgehead atoms. The van der Waals surface area contributed by atoms with Crippen molar-refractivity contribution in [2.75, 3.05) is 12.0 Å². The van der Waals surface area contributed by atoms with Crippen molar-refractivity contribution in [1.82, 2.24) is 15.0 Å². The summed E-state index contributed by atoms with van der Waals surface area (Å²) >= 11 is 1.79. The van der Waals surface area contributed by atoms with Gasteiger partial charge >= 0.3 is 5.97 Å². The van der Waals surface area contributed by atoms with Gasteiger partial charge in [0.2, 0.25) is 0 Å². The Morgan fingerprint density at radius 2 is 2.33 bits per heavy atom. The zero-order valence-electron chi connectivity index (χ0n) is 10.3. The normalized spacial score (nSPS) is 12.8. The van der Waals surface area contributed by atoms with Crippen LogP contribution in [0.5, 0.6) is 0 Å². The zero-order chi connectivity index (χ0) is 13.1. The number of aromatic carboxylic acids is 1. The molecule has 1 N–H and O–H groups in total. The van der Waals surface area contributed by atoms with Crippen molar-refractivity contribution in [2.24, 2.45) is 0 Å². The van der Waals surface area contributed by atoms with Crippen LogP contribution in [0.15, 0.2) is 18.2 Å². The summed E-state index contributed by atoms with van der Waals surface area (Å²) in [6.07, 6.45) is 3.05. The number of hydrogen-bond acceptors (Lipinski definition) is 4. The topological polar surface area (TPSA) is 68.0 Å². The summed E-state index contributed by atoms with van der Waals surface area (Å²) in [4.78, 5) is 11.1. The summed E-state index contributed by atoms with van der Waals surface area (Å²) in [5.41, 5.74) is 1.44. The van der Waals surface area contributed by atoms with Gasteiger partial charge in [-0.2, -0.15) is 11.8 Å². The summed E-state index contributed by atoms with van der Waals surface area (Å²) < 4.78 is 1.80. The molecule has 96 valence electrons. The first-order valence-corrected chi connectivity index (χ1v) is 7.10. The van der Waals surface area contributed by atoms with E-state index in [-0.39, 0.29) is 11.6 Å². The fourth-order valence-corrected chi connectivity index (χ4v) is 2.45. The molecule has 2 aromatic rings. The quantitative estimate of drug-likeness (QED) is 0.899. The van der Waals surface area contributed by atoms with Crippen LogP contribution in [0.25, 0.3) is 11.0 Å². The van der Waals surface area contributed by atoms with E-state index in [1.54, 1.807) is 28.6 Å². The number of thioether (sulfide) groups is 1.